The highest BCUT2D eigenvalue weighted by atomic mass is 35.5. The van der Waals surface area contributed by atoms with Gasteiger partial charge in [-0.2, -0.15) is 16.9 Å². The first-order valence-corrected chi connectivity index (χ1v) is 8.53. The molecule has 2 amide bonds. The second-order valence-electron chi connectivity index (χ2n) is 4.86. The van der Waals surface area contributed by atoms with Crippen molar-refractivity contribution in [2.75, 3.05) is 11.6 Å². The first-order chi connectivity index (χ1) is 10.6. The topological polar surface area (TPSA) is 71.8 Å². The molecule has 6 nitrogen and oxygen atoms in total. The van der Waals surface area contributed by atoms with Crippen LogP contribution in [0.1, 0.15) is 12.5 Å². The van der Waals surface area contributed by atoms with Crippen LogP contribution in [0.25, 0.3) is 0 Å². The molecule has 2 N–H and O–H groups in total. The average Bonchev–Trinajstić information content (AvgIpc) is 2.95. The smallest absolute Gasteiger partial charge is 0.319 e. The molecule has 0 saturated heterocycles. The van der Waals surface area contributed by atoms with Crippen LogP contribution in [0.2, 0.25) is 5.02 Å². The Morgan fingerprint density at radius 2 is 2.32 bits per heavy atom. The minimum Gasteiger partial charge on any atom is -0.334 e. The van der Waals surface area contributed by atoms with E-state index in [0.29, 0.717) is 11.6 Å². The summed E-state index contributed by atoms with van der Waals surface area (Å²) in [5.74, 6) is 0.804. The van der Waals surface area contributed by atoms with Gasteiger partial charge in [0.15, 0.2) is 0 Å². The lowest BCUT2D eigenvalue weighted by molar-refractivity contribution is 0.247. The van der Waals surface area contributed by atoms with Crippen LogP contribution in [0.3, 0.4) is 0 Å². The van der Waals surface area contributed by atoms with Gasteiger partial charge < -0.3 is 10.6 Å². The van der Waals surface area contributed by atoms with Gasteiger partial charge in [-0.1, -0.05) is 11.6 Å². The van der Waals surface area contributed by atoms with E-state index in [1.807, 2.05) is 19.2 Å². The lowest BCUT2D eigenvalue weighted by Crippen LogP contribution is -2.38. The average molecular weight is 340 g/mol. The Morgan fingerprint density at radius 1 is 1.50 bits per heavy atom. The zero-order chi connectivity index (χ0) is 15.9. The number of hydrogen-bond donors (Lipinski definition) is 2. The maximum Gasteiger partial charge on any atom is 0.319 e. The molecule has 8 heteroatoms. The molecule has 1 atom stereocenters. The van der Waals surface area contributed by atoms with Gasteiger partial charge in [0.05, 0.1) is 6.54 Å². The molecule has 2 aromatic rings. The summed E-state index contributed by atoms with van der Waals surface area (Å²) < 4.78 is 1.67. The van der Waals surface area contributed by atoms with E-state index < -0.39 is 0 Å². The third kappa shape index (κ3) is 4.92. The molecular formula is C14H18ClN5OS. The molecule has 0 spiro atoms. The fourth-order valence-electron chi connectivity index (χ4n) is 1.96. The number of hydrogen-bond acceptors (Lipinski definition) is 4. The van der Waals surface area contributed by atoms with Crippen LogP contribution in [0, 0.1) is 0 Å². The van der Waals surface area contributed by atoms with Gasteiger partial charge in [0.1, 0.15) is 12.7 Å². The molecule has 0 aliphatic carbocycles. The van der Waals surface area contributed by atoms with Gasteiger partial charge in [-0.3, -0.25) is 4.68 Å². The number of carbonyl (C=O) groups is 1. The maximum absolute atomic E-state index is 12.0. The maximum atomic E-state index is 12.0. The van der Waals surface area contributed by atoms with Crippen molar-refractivity contribution in [3.8, 4) is 0 Å². The van der Waals surface area contributed by atoms with E-state index >= 15 is 0 Å². The largest absolute Gasteiger partial charge is 0.334 e. The molecule has 118 valence electrons. The molecule has 0 saturated carbocycles. The molecule has 1 aromatic carbocycles. The van der Waals surface area contributed by atoms with E-state index in [-0.39, 0.29) is 12.1 Å². The first kappa shape index (κ1) is 16.6. The van der Waals surface area contributed by atoms with Crippen molar-refractivity contribution in [2.45, 2.75) is 25.3 Å². The van der Waals surface area contributed by atoms with Crippen molar-refractivity contribution >= 4 is 35.1 Å². The Labute approximate surface area is 138 Å². The van der Waals surface area contributed by atoms with E-state index in [2.05, 4.69) is 20.7 Å². The van der Waals surface area contributed by atoms with Crippen molar-refractivity contribution in [3.63, 3.8) is 0 Å². The Kier molecular flexibility index (Phi) is 6.09. The molecule has 1 heterocycles. The van der Waals surface area contributed by atoms with Crippen LogP contribution >= 0.6 is 23.4 Å². The summed E-state index contributed by atoms with van der Waals surface area (Å²) in [7, 11) is 0. The SMILES string of the molecule is CSCc1cc(NC(=O)NC(C)Cn2cncn2)ccc1Cl. The van der Waals surface area contributed by atoms with Crippen molar-refractivity contribution < 1.29 is 4.79 Å². The van der Waals surface area contributed by atoms with E-state index in [1.54, 1.807) is 34.9 Å². The summed E-state index contributed by atoms with van der Waals surface area (Å²) >= 11 is 7.80. The summed E-state index contributed by atoms with van der Waals surface area (Å²) in [5, 5.41) is 10.4. The second-order valence-corrected chi connectivity index (χ2v) is 6.13. The summed E-state index contributed by atoms with van der Waals surface area (Å²) in [5.41, 5.74) is 1.72. The summed E-state index contributed by atoms with van der Waals surface area (Å²) in [6.07, 6.45) is 5.09. The van der Waals surface area contributed by atoms with Gasteiger partial charge in [-0.25, -0.2) is 9.78 Å². The summed E-state index contributed by atoms with van der Waals surface area (Å²) in [6, 6.07) is 5.14. The van der Waals surface area contributed by atoms with Crippen LogP contribution in [-0.4, -0.2) is 33.1 Å². The number of halogens is 1. The highest BCUT2D eigenvalue weighted by Gasteiger charge is 2.09. The molecule has 0 fully saturated rings. The van der Waals surface area contributed by atoms with E-state index in [4.69, 9.17) is 11.6 Å². The van der Waals surface area contributed by atoms with Gasteiger partial charge in [0.2, 0.25) is 0 Å². The highest BCUT2D eigenvalue weighted by Crippen LogP contribution is 2.23. The Morgan fingerprint density at radius 3 is 3.00 bits per heavy atom. The van der Waals surface area contributed by atoms with Gasteiger partial charge in [-0.05, 0) is 36.9 Å². The number of anilines is 1. The number of nitrogens with one attached hydrogen (secondary N) is 2. The van der Waals surface area contributed by atoms with Crippen molar-refractivity contribution in [2.24, 2.45) is 0 Å². The molecule has 0 radical (unpaired) electrons. The second kappa shape index (κ2) is 8.05. The van der Waals surface area contributed by atoms with Gasteiger partial charge in [-0.15, -0.1) is 0 Å². The Bertz CT molecular complexity index is 620. The number of aromatic nitrogens is 3. The fourth-order valence-corrected chi connectivity index (χ4v) is 2.78. The highest BCUT2D eigenvalue weighted by molar-refractivity contribution is 7.97. The quantitative estimate of drug-likeness (QED) is 0.848. The zero-order valence-electron chi connectivity index (χ0n) is 12.4. The molecule has 1 unspecified atom stereocenters. The summed E-state index contributed by atoms with van der Waals surface area (Å²) in [6.45, 7) is 2.47. The molecule has 0 aliphatic rings. The lowest BCUT2D eigenvalue weighted by atomic mass is 10.2. The number of benzene rings is 1. The molecule has 1 aromatic heterocycles. The molecule has 2 rings (SSSR count). The van der Waals surface area contributed by atoms with E-state index in [0.717, 1.165) is 17.0 Å². The molecule has 0 aliphatic heterocycles. The van der Waals surface area contributed by atoms with Crippen LogP contribution in [0.4, 0.5) is 10.5 Å². The van der Waals surface area contributed by atoms with E-state index in [9.17, 15) is 4.79 Å². The minimum absolute atomic E-state index is 0.0698. The monoisotopic (exact) mass is 339 g/mol. The zero-order valence-corrected chi connectivity index (χ0v) is 14.0. The van der Waals surface area contributed by atoms with Crippen LogP contribution in [0.15, 0.2) is 30.9 Å². The van der Waals surface area contributed by atoms with Crippen LogP contribution < -0.4 is 10.6 Å². The number of amides is 2. The Balaban J connectivity index is 1.90. The first-order valence-electron chi connectivity index (χ1n) is 6.75. The Hall–Kier alpha value is -1.73. The fraction of sp³-hybridized carbons (Fsp3) is 0.357. The summed E-state index contributed by atoms with van der Waals surface area (Å²) in [4.78, 5) is 15.9. The van der Waals surface area contributed by atoms with E-state index in [1.165, 1.54) is 6.33 Å². The molecule has 0 bridgehead atoms. The number of rotatable bonds is 6. The van der Waals surface area contributed by atoms with Gasteiger partial charge >= 0.3 is 6.03 Å². The van der Waals surface area contributed by atoms with Crippen LogP contribution in [-0.2, 0) is 12.3 Å². The molecular weight excluding hydrogens is 322 g/mol. The lowest BCUT2D eigenvalue weighted by Gasteiger charge is -2.15. The normalized spacial score (nSPS) is 12.0. The number of urea groups is 1. The predicted octanol–water partition coefficient (Wildman–Crippen LogP) is 3.00. The minimum atomic E-state index is -0.259. The number of nitrogens with zero attached hydrogens (tertiary/aromatic N) is 3. The third-order valence-electron chi connectivity index (χ3n) is 2.91. The van der Waals surface area contributed by atoms with Crippen molar-refractivity contribution in [1.29, 1.82) is 0 Å². The number of thioether (sulfide) groups is 1. The molecule has 22 heavy (non-hydrogen) atoms. The van der Waals surface area contributed by atoms with Crippen molar-refractivity contribution in [3.05, 3.63) is 41.4 Å². The van der Waals surface area contributed by atoms with Crippen molar-refractivity contribution in [1.82, 2.24) is 20.1 Å². The van der Waals surface area contributed by atoms with Crippen LogP contribution in [0.5, 0.6) is 0 Å². The third-order valence-corrected chi connectivity index (χ3v) is 3.88. The standard InChI is InChI=1S/C14H18ClN5OS/c1-10(6-20-9-16-8-17-20)18-14(21)19-12-3-4-13(15)11(5-12)7-22-2/h3-5,8-10H,6-7H2,1-2H3,(H2,18,19,21). The predicted molar refractivity (Wildman–Crippen MR) is 90.3 cm³/mol. The van der Waals surface area contributed by atoms with Gasteiger partial charge in [0.25, 0.3) is 0 Å². The van der Waals surface area contributed by atoms with Gasteiger partial charge in [0, 0.05) is 22.5 Å². The number of carbonyl (C=O) groups excluding carboxylic acids is 1.